The van der Waals surface area contributed by atoms with Crippen molar-refractivity contribution in [1.29, 1.82) is 0 Å². The summed E-state index contributed by atoms with van der Waals surface area (Å²) < 4.78 is 31.3. The van der Waals surface area contributed by atoms with E-state index in [0.29, 0.717) is 11.3 Å². The summed E-state index contributed by atoms with van der Waals surface area (Å²) in [6, 6.07) is 9.85. The first-order valence-electron chi connectivity index (χ1n) is 5.70. The lowest BCUT2D eigenvalue weighted by atomic mass is 9.98. The van der Waals surface area contributed by atoms with E-state index < -0.39 is 12.5 Å². The minimum absolute atomic E-state index is 0.587. The summed E-state index contributed by atoms with van der Waals surface area (Å²) >= 11 is 0. The molecule has 0 bridgehead atoms. The maximum atomic E-state index is 13.0. The zero-order valence-corrected chi connectivity index (χ0v) is 10.3. The monoisotopic (exact) mass is 251 g/mol. The van der Waals surface area contributed by atoms with Gasteiger partial charge in [0.25, 0.3) is 6.43 Å². The molecule has 2 aromatic rings. The lowest BCUT2D eigenvalue weighted by molar-refractivity contribution is 0.103. The highest BCUT2D eigenvalue weighted by molar-refractivity contribution is 5.91. The molecule has 96 valence electrons. The Morgan fingerprint density at radius 3 is 2.28 bits per heavy atom. The number of methoxy groups -OCH3 is 1. The van der Waals surface area contributed by atoms with Gasteiger partial charge in [0.2, 0.25) is 0 Å². The summed E-state index contributed by atoms with van der Waals surface area (Å²) in [5.41, 5.74) is 0.587. The third-order valence-corrected chi connectivity index (χ3v) is 3.04. The van der Waals surface area contributed by atoms with Gasteiger partial charge in [0.15, 0.2) is 0 Å². The van der Waals surface area contributed by atoms with Gasteiger partial charge in [0.05, 0.1) is 13.2 Å². The molecule has 0 saturated carbocycles. The van der Waals surface area contributed by atoms with Crippen LogP contribution in [0.3, 0.4) is 0 Å². The predicted molar refractivity (Wildman–Crippen MR) is 68.3 cm³/mol. The van der Waals surface area contributed by atoms with E-state index in [-0.39, 0.29) is 0 Å². The molecule has 0 spiro atoms. The molecule has 18 heavy (non-hydrogen) atoms. The first kappa shape index (κ1) is 12.8. The molecule has 1 atom stereocenters. The minimum atomic E-state index is -2.45. The molecular formula is C14H15F2NO. The Balaban J connectivity index is 2.65. The number of hydrogen-bond donors (Lipinski definition) is 1. The number of nitrogens with one attached hydrogen (secondary N) is 1. The molecule has 0 fully saturated rings. The second kappa shape index (κ2) is 5.31. The van der Waals surface area contributed by atoms with Gasteiger partial charge in [-0.05, 0) is 24.1 Å². The van der Waals surface area contributed by atoms with Crippen LogP contribution >= 0.6 is 0 Å². The van der Waals surface area contributed by atoms with Crippen molar-refractivity contribution in [2.75, 3.05) is 14.2 Å². The second-order valence-corrected chi connectivity index (χ2v) is 4.00. The van der Waals surface area contributed by atoms with Crippen LogP contribution in [0.1, 0.15) is 11.6 Å². The lowest BCUT2D eigenvalue weighted by Crippen LogP contribution is -2.23. The van der Waals surface area contributed by atoms with Gasteiger partial charge < -0.3 is 10.1 Å². The number of halogens is 2. The van der Waals surface area contributed by atoms with E-state index in [1.54, 1.807) is 19.2 Å². The molecule has 0 heterocycles. The van der Waals surface area contributed by atoms with Gasteiger partial charge in [0, 0.05) is 5.39 Å². The average Bonchev–Trinajstić information content (AvgIpc) is 2.39. The fourth-order valence-electron chi connectivity index (χ4n) is 2.16. The Labute approximate surface area is 105 Å². The molecule has 0 saturated heterocycles. The van der Waals surface area contributed by atoms with Crippen LogP contribution in [0.25, 0.3) is 10.8 Å². The van der Waals surface area contributed by atoms with Gasteiger partial charge in [0.1, 0.15) is 5.75 Å². The molecule has 0 aliphatic carbocycles. The quantitative estimate of drug-likeness (QED) is 0.899. The second-order valence-electron chi connectivity index (χ2n) is 4.00. The topological polar surface area (TPSA) is 21.3 Å². The van der Waals surface area contributed by atoms with Crippen molar-refractivity contribution in [2.24, 2.45) is 0 Å². The van der Waals surface area contributed by atoms with E-state index in [9.17, 15) is 8.78 Å². The molecule has 4 heteroatoms. The first-order chi connectivity index (χ1) is 8.69. The highest BCUT2D eigenvalue weighted by Gasteiger charge is 2.22. The number of benzene rings is 2. The third kappa shape index (κ3) is 2.16. The van der Waals surface area contributed by atoms with Gasteiger partial charge in [-0.25, -0.2) is 8.78 Å². The number of rotatable bonds is 4. The maximum absolute atomic E-state index is 13.0. The van der Waals surface area contributed by atoms with Gasteiger partial charge in [-0.15, -0.1) is 0 Å². The summed E-state index contributed by atoms with van der Waals surface area (Å²) in [7, 11) is 3.11. The van der Waals surface area contributed by atoms with E-state index >= 15 is 0 Å². The average molecular weight is 251 g/mol. The number of ether oxygens (including phenoxy) is 1. The normalized spacial score (nSPS) is 12.9. The van der Waals surface area contributed by atoms with Gasteiger partial charge in [-0.3, -0.25) is 0 Å². The van der Waals surface area contributed by atoms with Crippen LogP contribution in [0.4, 0.5) is 8.78 Å². The van der Waals surface area contributed by atoms with Crippen molar-refractivity contribution < 1.29 is 13.5 Å². The first-order valence-corrected chi connectivity index (χ1v) is 5.70. The molecule has 1 unspecified atom stereocenters. The van der Waals surface area contributed by atoms with Gasteiger partial charge in [-0.1, -0.05) is 30.3 Å². The molecule has 2 aromatic carbocycles. The Bertz CT molecular complexity index is 542. The highest BCUT2D eigenvalue weighted by atomic mass is 19.3. The van der Waals surface area contributed by atoms with E-state index in [1.807, 2.05) is 24.3 Å². The number of hydrogen-bond acceptors (Lipinski definition) is 2. The van der Waals surface area contributed by atoms with Crippen LogP contribution in [0.2, 0.25) is 0 Å². The SMILES string of the molecule is CNC(c1ccc(OC)c2ccccc12)C(F)F. The maximum Gasteiger partial charge on any atom is 0.257 e. The highest BCUT2D eigenvalue weighted by Crippen LogP contribution is 2.33. The van der Waals surface area contributed by atoms with Gasteiger partial charge >= 0.3 is 0 Å². The van der Waals surface area contributed by atoms with Crippen LogP contribution in [0, 0.1) is 0 Å². The molecule has 0 radical (unpaired) electrons. The third-order valence-electron chi connectivity index (χ3n) is 3.04. The van der Waals surface area contributed by atoms with Crippen LogP contribution < -0.4 is 10.1 Å². The van der Waals surface area contributed by atoms with E-state index in [1.165, 1.54) is 7.05 Å². The van der Waals surface area contributed by atoms with E-state index in [2.05, 4.69) is 5.32 Å². The van der Waals surface area contributed by atoms with Crippen LogP contribution in [-0.4, -0.2) is 20.6 Å². The fourth-order valence-corrected chi connectivity index (χ4v) is 2.16. The molecule has 2 nitrogen and oxygen atoms in total. The summed E-state index contributed by atoms with van der Waals surface area (Å²) in [5, 5.41) is 4.29. The molecule has 0 aromatic heterocycles. The fraction of sp³-hybridized carbons (Fsp3) is 0.286. The van der Waals surface area contributed by atoms with E-state index in [0.717, 1.165) is 10.8 Å². The minimum Gasteiger partial charge on any atom is -0.496 e. The molecule has 0 amide bonds. The zero-order chi connectivity index (χ0) is 13.1. The Morgan fingerprint density at radius 2 is 1.72 bits per heavy atom. The number of fused-ring (bicyclic) bond motifs is 1. The Morgan fingerprint density at radius 1 is 1.06 bits per heavy atom. The van der Waals surface area contributed by atoms with Crippen LogP contribution in [0.5, 0.6) is 5.75 Å². The predicted octanol–water partition coefficient (Wildman–Crippen LogP) is 3.37. The molecule has 2 rings (SSSR count). The molecular weight excluding hydrogens is 236 g/mol. The van der Waals surface area contributed by atoms with Crippen molar-refractivity contribution in [2.45, 2.75) is 12.5 Å². The summed E-state index contributed by atoms with van der Waals surface area (Å²) in [4.78, 5) is 0. The summed E-state index contributed by atoms with van der Waals surface area (Å²) in [6.07, 6.45) is -2.45. The zero-order valence-electron chi connectivity index (χ0n) is 10.3. The van der Waals surface area contributed by atoms with Crippen molar-refractivity contribution in [3.63, 3.8) is 0 Å². The van der Waals surface area contributed by atoms with Crippen molar-refractivity contribution in [3.05, 3.63) is 42.0 Å². The van der Waals surface area contributed by atoms with Crippen molar-refractivity contribution in [1.82, 2.24) is 5.32 Å². The molecule has 0 aliphatic rings. The molecule has 1 N–H and O–H groups in total. The van der Waals surface area contributed by atoms with Crippen LogP contribution in [-0.2, 0) is 0 Å². The Kier molecular flexibility index (Phi) is 3.77. The van der Waals surface area contributed by atoms with E-state index in [4.69, 9.17) is 4.74 Å². The van der Waals surface area contributed by atoms with Crippen molar-refractivity contribution in [3.8, 4) is 5.75 Å². The van der Waals surface area contributed by atoms with Crippen LogP contribution in [0.15, 0.2) is 36.4 Å². The summed E-state index contributed by atoms with van der Waals surface area (Å²) in [5.74, 6) is 0.693. The lowest BCUT2D eigenvalue weighted by Gasteiger charge is -2.18. The van der Waals surface area contributed by atoms with Crippen molar-refractivity contribution >= 4 is 10.8 Å². The standard InChI is InChI=1S/C14H15F2NO/c1-17-13(14(15)16)11-7-8-12(18-2)10-6-4-3-5-9(10)11/h3-8,13-14,17H,1-2H3. The smallest absolute Gasteiger partial charge is 0.257 e. The van der Waals surface area contributed by atoms with Gasteiger partial charge in [-0.2, -0.15) is 0 Å². The molecule has 0 aliphatic heterocycles. The largest absolute Gasteiger partial charge is 0.496 e. The summed E-state index contributed by atoms with van der Waals surface area (Å²) in [6.45, 7) is 0. The number of alkyl halides is 2. The Hall–Kier alpha value is -1.68.